The van der Waals surface area contributed by atoms with Crippen molar-refractivity contribution >= 4 is 17.7 Å². The molecule has 0 radical (unpaired) electrons. The molecule has 0 aliphatic carbocycles. The van der Waals surface area contributed by atoms with Crippen LogP contribution in [0.5, 0.6) is 0 Å². The Hall–Kier alpha value is -2.17. The number of nitrogens with zero attached hydrogens (tertiary/aromatic N) is 1. The van der Waals surface area contributed by atoms with Crippen LogP contribution in [0.4, 0.5) is 0 Å². The average molecular weight is 261 g/mol. The molecule has 1 aromatic carbocycles. The van der Waals surface area contributed by atoms with E-state index in [2.05, 4.69) is 4.74 Å². The predicted molar refractivity (Wildman–Crippen MR) is 67.5 cm³/mol. The van der Waals surface area contributed by atoms with Gasteiger partial charge in [-0.15, -0.1) is 0 Å². The topological polar surface area (TPSA) is 63.7 Å². The van der Waals surface area contributed by atoms with Crippen LogP contribution in [-0.4, -0.2) is 42.8 Å². The number of hydrogen-bond donors (Lipinski definition) is 0. The molecule has 0 bridgehead atoms. The average Bonchev–Trinajstić information content (AvgIpc) is 2.46. The number of methoxy groups -OCH3 is 1. The number of carbonyl (C=O) groups is 3. The first-order valence-electron chi connectivity index (χ1n) is 6.08. The Morgan fingerprint density at radius 1 is 1.26 bits per heavy atom. The Labute approximate surface area is 111 Å². The van der Waals surface area contributed by atoms with Gasteiger partial charge in [-0.1, -0.05) is 18.2 Å². The van der Waals surface area contributed by atoms with Gasteiger partial charge in [0.2, 0.25) is 0 Å². The molecule has 1 aliphatic heterocycles. The number of rotatable bonds is 2. The first-order chi connectivity index (χ1) is 9.13. The van der Waals surface area contributed by atoms with Crippen molar-refractivity contribution in [2.45, 2.75) is 6.42 Å². The van der Waals surface area contributed by atoms with Gasteiger partial charge in [0.1, 0.15) is 5.92 Å². The first-order valence-corrected chi connectivity index (χ1v) is 6.08. The summed E-state index contributed by atoms with van der Waals surface area (Å²) in [6.45, 7) is 0.354. The van der Waals surface area contributed by atoms with E-state index < -0.39 is 11.9 Å². The molecule has 1 atom stereocenters. The smallest absolute Gasteiger partial charge is 0.316 e. The monoisotopic (exact) mass is 261 g/mol. The highest BCUT2D eigenvalue weighted by Gasteiger charge is 2.35. The largest absolute Gasteiger partial charge is 0.468 e. The van der Waals surface area contributed by atoms with E-state index in [1.54, 1.807) is 24.3 Å². The maximum absolute atomic E-state index is 12.1. The van der Waals surface area contributed by atoms with Crippen molar-refractivity contribution in [2.75, 3.05) is 20.2 Å². The molecule has 2 rings (SSSR count). The highest BCUT2D eigenvalue weighted by atomic mass is 16.5. The molecular weight excluding hydrogens is 246 g/mol. The molecule has 1 aromatic rings. The molecule has 1 fully saturated rings. The minimum atomic E-state index is -0.732. The molecule has 5 heteroatoms. The summed E-state index contributed by atoms with van der Waals surface area (Å²) in [6, 6.07) is 8.79. The maximum atomic E-state index is 12.1. The first kappa shape index (κ1) is 13.3. The summed E-state index contributed by atoms with van der Waals surface area (Å²) in [4.78, 5) is 36.8. The van der Waals surface area contributed by atoms with E-state index in [1.807, 2.05) is 6.07 Å². The van der Waals surface area contributed by atoms with Crippen molar-refractivity contribution < 1.29 is 19.1 Å². The van der Waals surface area contributed by atoms with E-state index >= 15 is 0 Å². The number of ether oxygens (including phenoxy) is 1. The second kappa shape index (κ2) is 5.65. The lowest BCUT2D eigenvalue weighted by atomic mass is 9.95. The fourth-order valence-corrected chi connectivity index (χ4v) is 2.15. The van der Waals surface area contributed by atoms with Gasteiger partial charge in [-0.05, 0) is 18.6 Å². The fraction of sp³-hybridized carbons (Fsp3) is 0.357. The normalized spacial score (nSPS) is 19.1. The van der Waals surface area contributed by atoms with E-state index in [9.17, 15) is 14.4 Å². The second-order valence-corrected chi connectivity index (χ2v) is 4.42. The van der Waals surface area contributed by atoms with Crippen LogP contribution in [-0.2, 0) is 14.3 Å². The van der Waals surface area contributed by atoms with Crippen molar-refractivity contribution in [1.29, 1.82) is 0 Å². The molecule has 100 valence electrons. The number of amides is 1. The summed E-state index contributed by atoms with van der Waals surface area (Å²) in [5.74, 6) is -1.69. The van der Waals surface area contributed by atoms with Crippen LogP contribution in [0.2, 0.25) is 0 Å². The minimum absolute atomic E-state index is 0.0342. The van der Waals surface area contributed by atoms with Crippen LogP contribution in [0.25, 0.3) is 0 Å². The third-order valence-corrected chi connectivity index (χ3v) is 3.22. The van der Waals surface area contributed by atoms with Gasteiger partial charge in [-0.3, -0.25) is 14.4 Å². The van der Waals surface area contributed by atoms with Gasteiger partial charge in [-0.25, -0.2) is 0 Å². The summed E-state index contributed by atoms with van der Waals surface area (Å²) in [7, 11) is 1.26. The molecule has 0 N–H and O–H groups in total. The summed E-state index contributed by atoms with van der Waals surface area (Å²) in [6.07, 6.45) is 0.323. The molecular formula is C14H15NO4. The summed E-state index contributed by atoms with van der Waals surface area (Å²) in [5, 5.41) is 0. The van der Waals surface area contributed by atoms with E-state index in [0.717, 1.165) is 0 Å². The van der Waals surface area contributed by atoms with Gasteiger partial charge in [0.15, 0.2) is 5.78 Å². The van der Waals surface area contributed by atoms with Gasteiger partial charge >= 0.3 is 5.97 Å². The maximum Gasteiger partial charge on any atom is 0.316 e. The Kier molecular flexibility index (Phi) is 3.94. The number of hydrogen-bond acceptors (Lipinski definition) is 4. The van der Waals surface area contributed by atoms with Crippen LogP contribution >= 0.6 is 0 Å². The quantitative estimate of drug-likeness (QED) is 0.586. The van der Waals surface area contributed by atoms with Crippen molar-refractivity contribution in [3.8, 4) is 0 Å². The molecule has 1 amide bonds. The molecule has 1 unspecified atom stereocenters. The molecule has 1 heterocycles. The predicted octanol–water partition coefficient (Wildman–Crippen LogP) is 0.891. The molecule has 19 heavy (non-hydrogen) atoms. The summed E-state index contributed by atoms with van der Waals surface area (Å²) in [5.41, 5.74) is 0.548. The van der Waals surface area contributed by atoms with E-state index in [0.29, 0.717) is 18.5 Å². The standard InChI is InChI=1S/C14H15NO4/c1-19-14(18)11-7-8-15(9-12(11)16)13(17)10-5-3-2-4-6-10/h2-6,11H,7-9H2,1H3. The molecule has 1 aliphatic rings. The van der Waals surface area contributed by atoms with Crippen LogP contribution < -0.4 is 0 Å². The van der Waals surface area contributed by atoms with Crippen molar-refractivity contribution in [3.05, 3.63) is 35.9 Å². The van der Waals surface area contributed by atoms with Gasteiger partial charge in [0.05, 0.1) is 13.7 Å². The highest BCUT2D eigenvalue weighted by molar-refractivity contribution is 6.03. The van der Waals surface area contributed by atoms with Crippen molar-refractivity contribution in [2.24, 2.45) is 5.92 Å². The highest BCUT2D eigenvalue weighted by Crippen LogP contribution is 2.17. The lowest BCUT2D eigenvalue weighted by Gasteiger charge is -2.29. The Balaban J connectivity index is 2.05. The van der Waals surface area contributed by atoms with Gasteiger partial charge in [0, 0.05) is 12.1 Å². The fourth-order valence-electron chi connectivity index (χ4n) is 2.15. The number of benzene rings is 1. The zero-order valence-electron chi connectivity index (χ0n) is 10.7. The molecule has 0 spiro atoms. The van der Waals surface area contributed by atoms with E-state index in [1.165, 1.54) is 12.0 Å². The third kappa shape index (κ3) is 2.81. The van der Waals surface area contributed by atoms with E-state index in [4.69, 9.17) is 0 Å². The number of Topliss-reactive ketones (excluding diaryl/α,β-unsaturated/α-hetero) is 1. The molecule has 0 aromatic heterocycles. The van der Waals surface area contributed by atoms with Gasteiger partial charge in [-0.2, -0.15) is 0 Å². The SMILES string of the molecule is COC(=O)C1CCN(C(=O)c2ccccc2)CC1=O. The molecule has 1 saturated heterocycles. The summed E-state index contributed by atoms with van der Waals surface area (Å²) >= 11 is 0. The Morgan fingerprint density at radius 2 is 1.95 bits per heavy atom. The van der Waals surface area contributed by atoms with Crippen LogP contribution in [0, 0.1) is 5.92 Å². The Morgan fingerprint density at radius 3 is 2.53 bits per heavy atom. The van der Waals surface area contributed by atoms with Crippen LogP contribution in [0.1, 0.15) is 16.8 Å². The van der Waals surface area contributed by atoms with Crippen molar-refractivity contribution in [3.63, 3.8) is 0 Å². The van der Waals surface area contributed by atoms with Crippen LogP contribution in [0.3, 0.4) is 0 Å². The van der Waals surface area contributed by atoms with E-state index in [-0.39, 0.29) is 18.2 Å². The van der Waals surface area contributed by atoms with Gasteiger partial charge < -0.3 is 9.64 Å². The zero-order valence-corrected chi connectivity index (χ0v) is 10.7. The number of piperidine rings is 1. The number of likely N-dealkylation sites (tertiary alicyclic amines) is 1. The lowest BCUT2D eigenvalue weighted by Crippen LogP contribution is -2.46. The molecule has 5 nitrogen and oxygen atoms in total. The second-order valence-electron chi connectivity index (χ2n) is 4.42. The number of esters is 1. The summed E-state index contributed by atoms with van der Waals surface area (Å²) < 4.78 is 4.58. The van der Waals surface area contributed by atoms with Crippen molar-refractivity contribution in [1.82, 2.24) is 4.90 Å². The molecule has 0 saturated carbocycles. The number of carbonyl (C=O) groups excluding carboxylic acids is 3. The Bertz CT molecular complexity index is 497. The third-order valence-electron chi connectivity index (χ3n) is 3.22. The van der Waals surface area contributed by atoms with Crippen LogP contribution in [0.15, 0.2) is 30.3 Å². The lowest BCUT2D eigenvalue weighted by molar-refractivity contribution is -0.151. The minimum Gasteiger partial charge on any atom is -0.468 e. The number of ketones is 1. The zero-order chi connectivity index (χ0) is 13.8. The van der Waals surface area contributed by atoms with Gasteiger partial charge in [0.25, 0.3) is 5.91 Å².